The van der Waals surface area contributed by atoms with Crippen molar-refractivity contribution in [3.8, 4) is 11.4 Å². The monoisotopic (exact) mass is 515 g/mol. The van der Waals surface area contributed by atoms with Crippen LogP contribution in [0.3, 0.4) is 0 Å². The van der Waals surface area contributed by atoms with Crippen LogP contribution < -0.4 is 0 Å². The molecule has 0 aliphatic rings. The maximum absolute atomic E-state index is 4.62. The maximum Gasteiger partial charge on any atom is 0.0833 e. The molecule has 4 heteroatoms. The van der Waals surface area contributed by atoms with Crippen LogP contribution >= 0.6 is 11.3 Å². The van der Waals surface area contributed by atoms with Gasteiger partial charge in [0.2, 0.25) is 0 Å². The molecule has 0 fully saturated rings. The van der Waals surface area contributed by atoms with Gasteiger partial charge in [-0.2, -0.15) is 0 Å². The molecule has 3 nitrogen and oxygen atoms in total. The van der Waals surface area contributed by atoms with E-state index in [1.807, 2.05) is 5.51 Å². The Balaban J connectivity index is 1.50. The number of hydrogen-bond acceptors (Lipinski definition) is 2. The zero-order valence-electron chi connectivity index (χ0n) is 20.9. The standard InChI is InChI=1S/C35H21N3S/c1-2-9-22(10-3-1)37-30-15-7-5-12-27(30)33-24-17-18-25-23-11-4-6-14-29(23)38(34(25)26(24)19-20-31(33)37)32-16-8-13-28-35(32)39-21-36-28/h1-21H. The molecule has 39 heavy (non-hydrogen) atoms. The number of rotatable bonds is 2. The largest absolute Gasteiger partial charge is 0.309 e. The van der Waals surface area contributed by atoms with E-state index < -0.39 is 0 Å². The van der Waals surface area contributed by atoms with Gasteiger partial charge in [0.25, 0.3) is 0 Å². The molecule has 0 unspecified atom stereocenters. The molecule has 0 saturated heterocycles. The summed E-state index contributed by atoms with van der Waals surface area (Å²) in [7, 11) is 0. The number of para-hydroxylation sites is 3. The fourth-order valence-corrected chi connectivity index (χ4v) is 7.28. The summed E-state index contributed by atoms with van der Waals surface area (Å²) in [6, 6.07) is 43.9. The summed E-state index contributed by atoms with van der Waals surface area (Å²) < 4.78 is 6.05. The molecule has 0 aliphatic carbocycles. The smallest absolute Gasteiger partial charge is 0.0833 e. The van der Waals surface area contributed by atoms with Crippen molar-refractivity contribution in [1.29, 1.82) is 0 Å². The predicted octanol–water partition coefficient (Wildman–Crippen LogP) is 9.64. The van der Waals surface area contributed by atoms with Crippen molar-refractivity contribution in [3.05, 3.63) is 127 Å². The van der Waals surface area contributed by atoms with Gasteiger partial charge in [0.05, 0.1) is 43.5 Å². The highest BCUT2D eigenvalue weighted by atomic mass is 32.1. The minimum Gasteiger partial charge on any atom is -0.309 e. The topological polar surface area (TPSA) is 22.8 Å². The van der Waals surface area contributed by atoms with E-state index in [2.05, 4.69) is 135 Å². The van der Waals surface area contributed by atoms with E-state index in [0.717, 1.165) is 5.52 Å². The van der Waals surface area contributed by atoms with Crippen LogP contribution in [-0.2, 0) is 0 Å². The van der Waals surface area contributed by atoms with E-state index in [1.54, 1.807) is 11.3 Å². The Hall–Kier alpha value is -4.93. The third kappa shape index (κ3) is 2.78. The molecule has 0 N–H and O–H groups in total. The predicted molar refractivity (Wildman–Crippen MR) is 166 cm³/mol. The second-order valence-electron chi connectivity index (χ2n) is 10.0. The van der Waals surface area contributed by atoms with Crippen LogP contribution in [0.4, 0.5) is 0 Å². The summed E-state index contributed by atoms with van der Waals surface area (Å²) in [5, 5.41) is 7.63. The number of benzene rings is 6. The third-order valence-electron chi connectivity index (χ3n) is 8.06. The molecule has 0 amide bonds. The van der Waals surface area contributed by atoms with Crippen molar-refractivity contribution in [3.63, 3.8) is 0 Å². The van der Waals surface area contributed by atoms with Crippen LogP contribution in [0, 0.1) is 0 Å². The van der Waals surface area contributed by atoms with Gasteiger partial charge in [0.15, 0.2) is 0 Å². The summed E-state index contributed by atoms with van der Waals surface area (Å²) in [5.41, 5.74) is 10.2. The summed E-state index contributed by atoms with van der Waals surface area (Å²) in [6.07, 6.45) is 0. The lowest BCUT2D eigenvalue weighted by Gasteiger charge is -2.12. The van der Waals surface area contributed by atoms with Gasteiger partial charge in [-0.1, -0.05) is 78.9 Å². The van der Waals surface area contributed by atoms with E-state index in [9.17, 15) is 0 Å². The summed E-state index contributed by atoms with van der Waals surface area (Å²) >= 11 is 1.70. The Bertz CT molecular complexity index is 2390. The maximum atomic E-state index is 4.62. The number of fused-ring (bicyclic) bond motifs is 10. The van der Waals surface area contributed by atoms with Gasteiger partial charge in [0.1, 0.15) is 0 Å². The first-order valence-corrected chi connectivity index (χ1v) is 14.0. The first kappa shape index (κ1) is 21.1. The van der Waals surface area contributed by atoms with E-state index in [1.165, 1.54) is 70.5 Å². The fourth-order valence-electron chi connectivity index (χ4n) is 6.49. The molecule has 3 heterocycles. The Morgan fingerprint density at radius 3 is 2.05 bits per heavy atom. The van der Waals surface area contributed by atoms with Crippen LogP contribution in [0.2, 0.25) is 0 Å². The average molecular weight is 516 g/mol. The molecule has 0 radical (unpaired) electrons. The lowest BCUT2D eigenvalue weighted by molar-refractivity contribution is 1.18. The highest BCUT2D eigenvalue weighted by Gasteiger charge is 2.20. The molecule has 182 valence electrons. The highest BCUT2D eigenvalue weighted by molar-refractivity contribution is 7.17. The van der Waals surface area contributed by atoms with Gasteiger partial charge < -0.3 is 9.13 Å². The lowest BCUT2D eigenvalue weighted by atomic mass is 10.0. The molecular formula is C35H21N3S. The van der Waals surface area contributed by atoms with Crippen LogP contribution in [0.15, 0.2) is 127 Å². The van der Waals surface area contributed by atoms with E-state index in [4.69, 9.17) is 0 Å². The molecule has 0 saturated carbocycles. The average Bonchev–Trinajstić information content (AvgIpc) is 3.70. The van der Waals surface area contributed by atoms with Gasteiger partial charge in [-0.05, 0) is 47.9 Å². The lowest BCUT2D eigenvalue weighted by Crippen LogP contribution is -1.95. The van der Waals surface area contributed by atoms with Gasteiger partial charge in [-0.25, -0.2) is 4.98 Å². The second-order valence-corrected chi connectivity index (χ2v) is 10.9. The Kier molecular flexibility index (Phi) is 4.21. The normalized spacial score (nSPS) is 12.1. The highest BCUT2D eigenvalue weighted by Crippen LogP contribution is 2.43. The Labute approximate surface area is 227 Å². The molecule has 3 aromatic heterocycles. The number of thiazole rings is 1. The van der Waals surface area contributed by atoms with Crippen molar-refractivity contribution in [2.45, 2.75) is 0 Å². The first-order chi connectivity index (χ1) is 19.4. The van der Waals surface area contributed by atoms with Crippen LogP contribution in [0.25, 0.3) is 76.0 Å². The first-order valence-electron chi connectivity index (χ1n) is 13.1. The van der Waals surface area contributed by atoms with Crippen molar-refractivity contribution >= 4 is 75.9 Å². The molecule has 9 rings (SSSR count). The second kappa shape index (κ2) is 7.79. The van der Waals surface area contributed by atoms with Crippen molar-refractivity contribution in [1.82, 2.24) is 14.1 Å². The summed E-state index contributed by atoms with van der Waals surface area (Å²) in [5.74, 6) is 0. The minimum absolute atomic E-state index is 1.04. The zero-order valence-corrected chi connectivity index (χ0v) is 21.7. The Morgan fingerprint density at radius 2 is 1.18 bits per heavy atom. The van der Waals surface area contributed by atoms with E-state index >= 15 is 0 Å². The van der Waals surface area contributed by atoms with Crippen molar-refractivity contribution in [2.24, 2.45) is 0 Å². The number of hydrogen-bond donors (Lipinski definition) is 0. The molecule has 9 aromatic rings. The van der Waals surface area contributed by atoms with Gasteiger partial charge in [-0.15, -0.1) is 11.3 Å². The Morgan fingerprint density at radius 1 is 0.487 bits per heavy atom. The van der Waals surface area contributed by atoms with Gasteiger partial charge in [-0.3, -0.25) is 0 Å². The molecule has 0 bridgehead atoms. The summed E-state index contributed by atoms with van der Waals surface area (Å²) in [4.78, 5) is 4.62. The third-order valence-corrected chi connectivity index (χ3v) is 8.92. The SMILES string of the molecule is c1ccc(-n2c3ccccc3c3c4ccc5c6ccccc6n(-c6cccc7ncsc67)c5c4ccc32)cc1. The van der Waals surface area contributed by atoms with Crippen LogP contribution in [0.5, 0.6) is 0 Å². The molecule has 0 atom stereocenters. The zero-order chi connectivity index (χ0) is 25.5. The molecule has 6 aromatic carbocycles. The molecule has 0 spiro atoms. The van der Waals surface area contributed by atoms with Crippen molar-refractivity contribution in [2.75, 3.05) is 0 Å². The minimum atomic E-state index is 1.04. The van der Waals surface area contributed by atoms with Crippen LogP contribution in [0.1, 0.15) is 0 Å². The van der Waals surface area contributed by atoms with Crippen LogP contribution in [-0.4, -0.2) is 14.1 Å². The van der Waals surface area contributed by atoms with E-state index in [0.29, 0.717) is 0 Å². The number of aromatic nitrogens is 3. The summed E-state index contributed by atoms with van der Waals surface area (Å²) in [6.45, 7) is 0. The fraction of sp³-hybridized carbons (Fsp3) is 0. The van der Waals surface area contributed by atoms with Crippen molar-refractivity contribution < 1.29 is 0 Å². The quantitative estimate of drug-likeness (QED) is 0.225. The molecule has 0 aliphatic heterocycles. The van der Waals surface area contributed by atoms with Gasteiger partial charge in [0, 0.05) is 32.6 Å². The van der Waals surface area contributed by atoms with Gasteiger partial charge >= 0.3 is 0 Å². The van der Waals surface area contributed by atoms with E-state index in [-0.39, 0.29) is 0 Å². The molecular weight excluding hydrogens is 494 g/mol. The number of nitrogens with zero attached hydrogens (tertiary/aromatic N) is 3.